The van der Waals surface area contributed by atoms with E-state index >= 15 is 0 Å². The van der Waals surface area contributed by atoms with Crippen LogP contribution in [0.1, 0.15) is 35.2 Å². The minimum Gasteiger partial charge on any atom is -0.507 e. The zero-order valence-corrected chi connectivity index (χ0v) is 14.6. The highest BCUT2D eigenvalue weighted by Gasteiger charge is 2.29. The summed E-state index contributed by atoms with van der Waals surface area (Å²) in [6.45, 7) is 1.57. The van der Waals surface area contributed by atoms with Crippen LogP contribution >= 0.6 is 0 Å². The van der Waals surface area contributed by atoms with Crippen LogP contribution in [0.5, 0.6) is 17.2 Å². The second-order valence-corrected chi connectivity index (χ2v) is 6.19. The Morgan fingerprint density at radius 1 is 1.04 bits per heavy atom. The molecule has 0 aromatic heterocycles. The lowest BCUT2D eigenvalue weighted by Crippen LogP contribution is -2.38. The number of carboxylic acids is 1. The van der Waals surface area contributed by atoms with Crippen molar-refractivity contribution in [1.29, 1.82) is 0 Å². The van der Waals surface area contributed by atoms with Gasteiger partial charge in [0.1, 0.15) is 23.5 Å². The Morgan fingerprint density at radius 3 is 2.30 bits per heavy atom. The van der Waals surface area contributed by atoms with Gasteiger partial charge in [0.25, 0.3) is 0 Å². The quantitative estimate of drug-likeness (QED) is 0.364. The van der Waals surface area contributed by atoms with E-state index in [1.165, 1.54) is 30.3 Å². The van der Waals surface area contributed by atoms with Gasteiger partial charge < -0.3 is 30.9 Å². The van der Waals surface area contributed by atoms with Crippen molar-refractivity contribution >= 4 is 11.9 Å². The second kappa shape index (κ2) is 8.41. The van der Waals surface area contributed by atoms with Crippen molar-refractivity contribution in [1.82, 2.24) is 0 Å². The Labute approximate surface area is 155 Å². The Balaban J connectivity index is 2.19. The van der Waals surface area contributed by atoms with E-state index < -0.39 is 35.8 Å². The number of esters is 1. The Kier molecular flexibility index (Phi) is 6.25. The Hall–Kier alpha value is -3.26. The maximum absolute atomic E-state index is 12.2. The van der Waals surface area contributed by atoms with E-state index in [4.69, 9.17) is 10.5 Å². The highest BCUT2D eigenvalue weighted by Crippen LogP contribution is 2.32. The van der Waals surface area contributed by atoms with Gasteiger partial charge in [0.15, 0.2) is 11.5 Å². The average Bonchev–Trinajstić information content (AvgIpc) is 2.61. The molecular weight excluding hydrogens is 354 g/mol. The first-order valence-corrected chi connectivity index (χ1v) is 8.20. The molecule has 27 heavy (non-hydrogen) atoms. The third-order valence-electron chi connectivity index (χ3n) is 4.16. The SMILES string of the molecule is CC(CC(c1ccc(O)c(O)c1)[C@@H](N)C(=O)O)OC(=O)c1ccccc1O. The molecule has 144 valence electrons. The van der Waals surface area contributed by atoms with E-state index in [0.717, 1.165) is 0 Å². The largest absolute Gasteiger partial charge is 0.507 e. The van der Waals surface area contributed by atoms with Crippen molar-refractivity contribution in [2.24, 2.45) is 5.73 Å². The van der Waals surface area contributed by atoms with Crippen LogP contribution in [-0.2, 0) is 9.53 Å². The van der Waals surface area contributed by atoms with Gasteiger partial charge in [-0.05, 0) is 43.2 Å². The van der Waals surface area contributed by atoms with Crippen molar-refractivity contribution in [2.45, 2.75) is 31.4 Å². The smallest absolute Gasteiger partial charge is 0.342 e. The molecule has 0 aliphatic carbocycles. The molecule has 0 aliphatic rings. The molecule has 8 nitrogen and oxygen atoms in total. The number of para-hydroxylation sites is 1. The molecule has 0 spiro atoms. The number of ether oxygens (including phenoxy) is 1. The lowest BCUT2D eigenvalue weighted by molar-refractivity contribution is -0.139. The lowest BCUT2D eigenvalue weighted by Gasteiger charge is -2.25. The third kappa shape index (κ3) is 4.89. The summed E-state index contributed by atoms with van der Waals surface area (Å²) in [7, 11) is 0. The number of nitrogens with two attached hydrogens (primary N) is 1. The fraction of sp³-hybridized carbons (Fsp3) is 0.263. The van der Waals surface area contributed by atoms with Gasteiger partial charge >= 0.3 is 11.9 Å². The van der Waals surface area contributed by atoms with Crippen LogP contribution in [0.2, 0.25) is 0 Å². The molecule has 0 radical (unpaired) electrons. The number of rotatable bonds is 7. The molecule has 3 atom stereocenters. The van der Waals surface area contributed by atoms with E-state index in [1.54, 1.807) is 19.1 Å². The molecule has 2 aromatic carbocycles. The van der Waals surface area contributed by atoms with Crippen molar-refractivity contribution in [3.8, 4) is 17.2 Å². The summed E-state index contributed by atoms with van der Waals surface area (Å²) >= 11 is 0. The number of benzene rings is 2. The predicted octanol–water partition coefficient (Wildman–Crippen LogP) is 1.93. The molecule has 0 fully saturated rings. The number of aromatic hydroxyl groups is 3. The molecular formula is C19H21NO7. The first-order chi connectivity index (χ1) is 12.7. The van der Waals surface area contributed by atoms with Crippen molar-refractivity contribution in [2.75, 3.05) is 0 Å². The van der Waals surface area contributed by atoms with Crippen molar-refractivity contribution in [3.63, 3.8) is 0 Å². The summed E-state index contributed by atoms with van der Waals surface area (Å²) < 4.78 is 5.29. The highest BCUT2D eigenvalue weighted by atomic mass is 16.5. The van der Waals surface area contributed by atoms with E-state index in [9.17, 15) is 30.0 Å². The molecule has 8 heteroatoms. The van der Waals surface area contributed by atoms with Crippen LogP contribution in [0.25, 0.3) is 0 Å². The number of aliphatic carboxylic acids is 1. The topological polar surface area (TPSA) is 150 Å². The second-order valence-electron chi connectivity index (χ2n) is 6.19. The number of phenols is 3. The first kappa shape index (κ1) is 20.1. The first-order valence-electron chi connectivity index (χ1n) is 8.20. The third-order valence-corrected chi connectivity index (χ3v) is 4.16. The minimum absolute atomic E-state index is 0.00860. The van der Waals surface area contributed by atoms with Gasteiger partial charge in [-0.3, -0.25) is 4.79 Å². The zero-order valence-electron chi connectivity index (χ0n) is 14.6. The van der Waals surface area contributed by atoms with Gasteiger partial charge in [-0.1, -0.05) is 18.2 Å². The van der Waals surface area contributed by atoms with Crippen LogP contribution in [0.4, 0.5) is 0 Å². The number of carbonyl (C=O) groups excluding carboxylic acids is 1. The lowest BCUT2D eigenvalue weighted by atomic mass is 9.87. The van der Waals surface area contributed by atoms with Gasteiger partial charge in [-0.15, -0.1) is 0 Å². The number of hydrogen-bond acceptors (Lipinski definition) is 7. The molecule has 0 bridgehead atoms. The molecule has 0 saturated heterocycles. The van der Waals surface area contributed by atoms with Crippen molar-refractivity contribution in [3.05, 3.63) is 53.6 Å². The van der Waals surface area contributed by atoms with Gasteiger partial charge in [0, 0.05) is 5.92 Å². The van der Waals surface area contributed by atoms with Crippen molar-refractivity contribution < 1.29 is 34.8 Å². The van der Waals surface area contributed by atoms with Gasteiger partial charge in [0.2, 0.25) is 0 Å². The maximum atomic E-state index is 12.2. The Bertz CT molecular complexity index is 837. The van der Waals surface area contributed by atoms with Gasteiger partial charge in [-0.25, -0.2) is 4.79 Å². The molecule has 0 amide bonds. The van der Waals surface area contributed by atoms with E-state index in [-0.39, 0.29) is 23.5 Å². The fourth-order valence-electron chi connectivity index (χ4n) is 2.73. The fourth-order valence-corrected chi connectivity index (χ4v) is 2.73. The molecule has 0 saturated carbocycles. The van der Waals surface area contributed by atoms with Gasteiger partial charge in [-0.2, -0.15) is 0 Å². The number of carboxylic acid groups (broad SMARTS) is 1. The zero-order chi connectivity index (χ0) is 20.1. The van der Waals surface area contributed by atoms with Crippen LogP contribution in [-0.4, -0.2) is 44.5 Å². The summed E-state index contributed by atoms with van der Waals surface area (Å²) in [4.78, 5) is 23.6. The summed E-state index contributed by atoms with van der Waals surface area (Å²) in [6, 6.07) is 8.47. The molecule has 2 aromatic rings. The van der Waals surface area contributed by atoms with Gasteiger partial charge in [0.05, 0.1) is 0 Å². The molecule has 2 rings (SSSR count). The monoisotopic (exact) mass is 375 g/mol. The summed E-state index contributed by atoms with van der Waals surface area (Å²) in [5.41, 5.74) is 6.14. The van der Waals surface area contributed by atoms with Crippen LogP contribution in [0, 0.1) is 0 Å². The Morgan fingerprint density at radius 2 is 1.70 bits per heavy atom. The highest BCUT2D eigenvalue weighted by molar-refractivity contribution is 5.92. The average molecular weight is 375 g/mol. The standard InChI is InChI=1S/C19H21NO7/c1-10(27-19(26)12-4-2-3-5-14(12)21)8-13(17(20)18(24)25)11-6-7-15(22)16(23)9-11/h2-7,9-10,13,17,21-23H,8,20H2,1H3,(H,24,25)/t10?,13?,17-/m1/s1. The summed E-state index contributed by atoms with van der Waals surface area (Å²) in [5, 5.41) is 38.1. The molecule has 2 unspecified atom stereocenters. The number of phenolic OH excluding ortho intramolecular Hbond substituents is 3. The predicted molar refractivity (Wildman–Crippen MR) is 95.7 cm³/mol. The molecule has 0 heterocycles. The van der Waals surface area contributed by atoms with E-state index in [2.05, 4.69) is 0 Å². The van der Waals surface area contributed by atoms with E-state index in [0.29, 0.717) is 5.56 Å². The van der Waals surface area contributed by atoms with Crippen LogP contribution in [0.15, 0.2) is 42.5 Å². The summed E-state index contributed by atoms with van der Waals surface area (Å²) in [5.74, 6) is -3.78. The maximum Gasteiger partial charge on any atom is 0.342 e. The number of hydrogen-bond donors (Lipinski definition) is 5. The number of carbonyl (C=O) groups is 2. The van der Waals surface area contributed by atoms with Crippen LogP contribution in [0.3, 0.4) is 0 Å². The van der Waals surface area contributed by atoms with Crippen LogP contribution < -0.4 is 5.73 Å². The van der Waals surface area contributed by atoms with E-state index in [1.807, 2.05) is 0 Å². The molecule has 0 aliphatic heterocycles. The normalized spacial score (nSPS) is 14.1. The molecule has 6 N–H and O–H groups in total. The summed E-state index contributed by atoms with van der Waals surface area (Å²) in [6.07, 6.45) is -0.680. The minimum atomic E-state index is -1.32.